The van der Waals surface area contributed by atoms with Crippen molar-refractivity contribution < 1.29 is 9.47 Å². The maximum absolute atomic E-state index is 6.28. The average molecular weight is 225 g/mol. The van der Waals surface area contributed by atoms with Gasteiger partial charge in [-0.3, -0.25) is 0 Å². The summed E-state index contributed by atoms with van der Waals surface area (Å²) in [7, 11) is 0. The van der Waals surface area contributed by atoms with Crippen molar-refractivity contribution in [3.63, 3.8) is 0 Å². The largest absolute Gasteiger partial charge is 0.486 e. The highest BCUT2D eigenvalue weighted by molar-refractivity contribution is 6.21. The summed E-state index contributed by atoms with van der Waals surface area (Å²) in [6, 6.07) is 4.14. The maximum atomic E-state index is 6.28. The number of rotatable bonds is 0. The molecular formula is C12H13ClO2. The van der Waals surface area contributed by atoms with Crippen molar-refractivity contribution in [3.8, 4) is 11.5 Å². The van der Waals surface area contributed by atoms with Gasteiger partial charge in [-0.15, -0.1) is 11.6 Å². The van der Waals surface area contributed by atoms with Crippen molar-refractivity contribution in [2.45, 2.75) is 24.6 Å². The van der Waals surface area contributed by atoms with E-state index in [2.05, 4.69) is 13.0 Å². The van der Waals surface area contributed by atoms with E-state index in [0.717, 1.165) is 17.9 Å². The second-order valence-corrected chi connectivity index (χ2v) is 4.76. The van der Waals surface area contributed by atoms with Crippen LogP contribution in [0.4, 0.5) is 0 Å². The summed E-state index contributed by atoms with van der Waals surface area (Å²) in [5.41, 5.74) is 2.53. The van der Waals surface area contributed by atoms with E-state index >= 15 is 0 Å². The van der Waals surface area contributed by atoms with Gasteiger partial charge in [0.25, 0.3) is 0 Å². The monoisotopic (exact) mass is 224 g/mol. The van der Waals surface area contributed by atoms with Gasteiger partial charge < -0.3 is 9.47 Å². The van der Waals surface area contributed by atoms with E-state index < -0.39 is 0 Å². The molecule has 0 amide bonds. The molecule has 1 heterocycles. The Bertz CT molecular complexity index is 366. The van der Waals surface area contributed by atoms with Gasteiger partial charge in [-0.2, -0.15) is 0 Å². The summed E-state index contributed by atoms with van der Waals surface area (Å²) >= 11 is 6.28. The zero-order valence-electron chi connectivity index (χ0n) is 8.63. The molecular weight excluding hydrogens is 212 g/mol. The molecule has 2 unspecified atom stereocenters. The van der Waals surface area contributed by atoms with Gasteiger partial charge >= 0.3 is 0 Å². The van der Waals surface area contributed by atoms with Crippen LogP contribution >= 0.6 is 11.6 Å². The van der Waals surface area contributed by atoms with Crippen LogP contribution in [-0.2, 0) is 0 Å². The van der Waals surface area contributed by atoms with Crippen molar-refractivity contribution in [1.82, 2.24) is 0 Å². The molecule has 3 heteroatoms. The number of hydrogen-bond donors (Lipinski definition) is 0. The van der Waals surface area contributed by atoms with Crippen LogP contribution < -0.4 is 9.47 Å². The summed E-state index contributed by atoms with van der Waals surface area (Å²) in [6.45, 7) is 3.48. The topological polar surface area (TPSA) is 18.5 Å². The zero-order valence-corrected chi connectivity index (χ0v) is 9.38. The number of benzene rings is 1. The molecule has 3 rings (SSSR count). The van der Waals surface area contributed by atoms with E-state index in [0.29, 0.717) is 19.1 Å². The van der Waals surface area contributed by atoms with Crippen LogP contribution in [0.3, 0.4) is 0 Å². The molecule has 15 heavy (non-hydrogen) atoms. The molecule has 0 spiro atoms. The van der Waals surface area contributed by atoms with Gasteiger partial charge in [-0.1, -0.05) is 6.92 Å². The Morgan fingerprint density at radius 1 is 1.13 bits per heavy atom. The molecule has 1 aromatic carbocycles. The van der Waals surface area contributed by atoms with Gasteiger partial charge in [0.05, 0.1) is 5.38 Å². The molecule has 0 saturated carbocycles. The number of alkyl halides is 1. The Morgan fingerprint density at radius 2 is 1.73 bits per heavy atom. The molecule has 2 atom stereocenters. The second-order valence-electron chi connectivity index (χ2n) is 4.23. The number of fused-ring (bicyclic) bond motifs is 2. The Labute approximate surface area is 94.1 Å². The van der Waals surface area contributed by atoms with Gasteiger partial charge in [-0.05, 0) is 35.6 Å². The molecule has 2 nitrogen and oxygen atoms in total. The Hall–Kier alpha value is -0.890. The predicted octanol–water partition coefficient (Wildman–Crippen LogP) is 3.24. The average Bonchev–Trinajstić information content (AvgIpc) is 2.52. The highest BCUT2D eigenvalue weighted by Gasteiger charge is 2.29. The summed E-state index contributed by atoms with van der Waals surface area (Å²) in [4.78, 5) is 0. The lowest BCUT2D eigenvalue weighted by molar-refractivity contribution is 0.171. The van der Waals surface area contributed by atoms with Gasteiger partial charge in [0.15, 0.2) is 11.5 Å². The first-order chi connectivity index (χ1) is 7.25. The van der Waals surface area contributed by atoms with E-state index in [9.17, 15) is 0 Å². The zero-order chi connectivity index (χ0) is 10.4. The Kier molecular flexibility index (Phi) is 2.06. The van der Waals surface area contributed by atoms with Gasteiger partial charge in [0, 0.05) is 0 Å². The van der Waals surface area contributed by atoms with Crippen LogP contribution in [0.25, 0.3) is 0 Å². The highest BCUT2D eigenvalue weighted by Crippen LogP contribution is 2.48. The van der Waals surface area contributed by atoms with E-state index in [1.54, 1.807) is 0 Å². The summed E-state index contributed by atoms with van der Waals surface area (Å²) in [5, 5.41) is 0.130. The minimum absolute atomic E-state index is 0.130. The van der Waals surface area contributed by atoms with Crippen LogP contribution in [0.2, 0.25) is 0 Å². The van der Waals surface area contributed by atoms with Crippen LogP contribution in [0.15, 0.2) is 12.1 Å². The summed E-state index contributed by atoms with van der Waals surface area (Å²) < 4.78 is 11.1. The lowest BCUT2D eigenvalue weighted by Crippen LogP contribution is -2.15. The van der Waals surface area contributed by atoms with E-state index in [1.807, 2.05) is 6.07 Å². The third-order valence-electron chi connectivity index (χ3n) is 3.18. The van der Waals surface area contributed by atoms with E-state index in [4.69, 9.17) is 21.1 Å². The fraction of sp³-hybridized carbons (Fsp3) is 0.500. The molecule has 1 aliphatic heterocycles. The lowest BCUT2D eigenvalue weighted by Gasteiger charge is -2.20. The first-order valence-corrected chi connectivity index (χ1v) is 5.77. The highest BCUT2D eigenvalue weighted by atomic mass is 35.5. The van der Waals surface area contributed by atoms with Crippen LogP contribution in [0.1, 0.15) is 35.8 Å². The van der Waals surface area contributed by atoms with Crippen molar-refractivity contribution >= 4 is 11.6 Å². The Balaban J connectivity index is 2.12. The first-order valence-electron chi connectivity index (χ1n) is 5.33. The van der Waals surface area contributed by atoms with E-state index in [-0.39, 0.29) is 5.38 Å². The Morgan fingerprint density at radius 3 is 2.40 bits per heavy atom. The minimum atomic E-state index is 0.130. The smallest absolute Gasteiger partial charge is 0.161 e. The van der Waals surface area contributed by atoms with Crippen molar-refractivity contribution in [1.29, 1.82) is 0 Å². The molecule has 2 aliphatic rings. The number of ether oxygens (including phenoxy) is 2. The SMILES string of the molecule is CC1CC(Cl)c2cc3c(cc21)OCCO3. The first kappa shape index (κ1) is 9.34. The molecule has 1 aliphatic carbocycles. The second kappa shape index (κ2) is 3.31. The van der Waals surface area contributed by atoms with Gasteiger partial charge in [0.1, 0.15) is 13.2 Å². The molecule has 0 aromatic heterocycles. The van der Waals surface area contributed by atoms with Crippen molar-refractivity contribution in [2.75, 3.05) is 13.2 Å². The normalized spacial score (nSPS) is 27.6. The molecule has 1 aromatic rings. The van der Waals surface area contributed by atoms with Crippen molar-refractivity contribution in [2.24, 2.45) is 0 Å². The molecule has 0 saturated heterocycles. The standard InChI is InChI=1S/C12H13ClO2/c1-7-4-10(13)9-6-12-11(5-8(7)9)14-2-3-15-12/h5-7,10H,2-4H2,1H3. The quantitative estimate of drug-likeness (QED) is 0.630. The number of halogens is 1. The number of hydrogen-bond acceptors (Lipinski definition) is 2. The predicted molar refractivity (Wildman–Crippen MR) is 59.1 cm³/mol. The fourth-order valence-electron chi connectivity index (χ4n) is 2.38. The van der Waals surface area contributed by atoms with Crippen LogP contribution in [-0.4, -0.2) is 13.2 Å². The van der Waals surface area contributed by atoms with Gasteiger partial charge in [-0.25, -0.2) is 0 Å². The summed E-state index contributed by atoms with van der Waals surface area (Å²) in [6.07, 6.45) is 1.01. The van der Waals surface area contributed by atoms with Gasteiger partial charge in [0.2, 0.25) is 0 Å². The molecule has 0 radical (unpaired) electrons. The molecule has 0 bridgehead atoms. The van der Waals surface area contributed by atoms with Crippen molar-refractivity contribution in [3.05, 3.63) is 23.3 Å². The fourth-order valence-corrected chi connectivity index (χ4v) is 2.84. The third kappa shape index (κ3) is 1.39. The molecule has 80 valence electrons. The van der Waals surface area contributed by atoms with E-state index in [1.165, 1.54) is 11.1 Å². The van der Waals surface area contributed by atoms with Crippen LogP contribution in [0, 0.1) is 0 Å². The molecule has 0 fully saturated rings. The minimum Gasteiger partial charge on any atom is -0.486 e. The molecule has 0 N–H and O–H groups in total. The maximum Gasteiger partial charge on any atom is 0.161 e. The third-order valence-corrected chi connectivity index (χ3v) is 3.59. The van der Waals surface area contributed by atoms with Crippen LogP contribution in [0.5, 0.6) is 11.5 Å². The lowest BCUT2D eigenvalue weighted by atomic mass is 10.0. The summed E-state index contributed by atoms with van der Waals surface area (Å²) in [5.74, 6) is 2.25.